The fraction of sp³-hybridized carbons (Fsp3) is 0.353. The maximum Gasteiger partial charge on any atom is 0.280 e. The van der Waals surface area contributed by atoms with E-state index < -0.39 is 15.6 Å². The van der Waals surface area contributed by atoms with Crippen LogP contribution in [0.3, 0.4) is 0 Å². The number of anilines is 1. The fourth-order valence-electron chi connectivity index (χ4n) is 3.49. The third-order valence-electron chi connectivity index (χ3n) is 4.85. The third-order valence-corrected chi connectivity index (χ3v) is 6.82. The summed E-state index contributed by atoms with van der Waals surface area (Å²) < 4.78 is 29.4. The van der Waals surface area contributed by atoms with E-state index in [1.165, 1.54) is 10.6 Å². The first-order chi connectivity index (χ1) is 12.9. The summed E-state index contributed by atoms with van der Waals surface area (Å²) in [5.74, 6) is 0.00445. The van der Waals surface area contributed by atoms with E-state index in [1.54, 1.807) is 28.8 Å². The summed E-state index contributed by atoms with van der Waals surface area (Å²) in [5.41, 5.74) is 6.77. The van der Waals surface area contributed by atoms with E-state index in [-0.39, 0.29) is 22.4 Å². The van der Waals surface area contributed by atoms with E-state index in [0.717, 1.165) is 18.4 Å². The Balaban J connectivity index is 1.66. The Bertz CT molecular complexity index is 1150. The molecule has 1 aliphatic heterocycles. The van der Waals surface area contributed by atoms with Gasteiger partial charge in [-0.2, -0.15) is 9.29 Å². The van der Waals surface area contributed by atoms with Gasteiger partial charge in [0.25, 0.3) is 5.56 Å². The molecule has 142 valence electrons. The van der Waals surface area contributed by atoms with Gasteiger partial charge in [0.15, 0.2) is 11.2 Å². The number of hydrogen-bond acceptors (Lipinski definition) is 6. The molecule has 10 heteroatoms. The Hall–Kier alpha value is -2.72. The number of H-pyrrole nitrogens is 1. The van der Waals surface area contributed by atoms with Crippen molar-refractivity contribution in [3.63, 3.8) is 0 Å². The molecular weight excluding hydrogens is 368 g/mol. The monoisotopic (exact) mass is 388 g/mol. The Morgan fingerprint density at radius 1 is 1.30 bits per heavy atom. The van der Waals surface area contributed by atoms with Gasteiger partial charge >= 0.3 is 0 Å². The van der Waals surface area contributed by atoms with E-state index in [0.29, 0.717) is 18.7 Å². The highest BCUT2D eigenvalue weighted by Crippen LogP contribution is 2.27. The molecular formula is C17H20N6O3S. The maximum atomic E-state index is 13.1. The lowest BCUT2D eigenvalue weighted by Gasteiger charge is -2.24. The number of nitrogens with one attached hydrogen (secondary N) is 1. The molecule has 3 aromatic rings. The van der Waals surface area contributed by atoms with Crippen LogP contribution >= 0.6 is 0 Å². The molecule has 0 spiro atoms. The second-order valence-corrected chi connectivity index (χ2v) is 8.64. The predicted octanol–water partition coefficient (Wildman–Crippen LogP) is 0.864. The molecule has 2 aromatic heterocycles. The van der Waals surface area contributed by atoms with Crippen LogP contribution in [0.2, 0.25) is 0 Å². The molecule has 9 nitrogen and oxygen atoms in total. The zero-order valence-electron chi connectivity index (χ0n) is 14.8. The molecule has 0 amide bonds. The van der Waals surface area contributed by atoms with Gasteiger partial charge in [0.2, 0.25) is 16.0 Å². The van der Waals surface area contributed by atoms with Crippen LogP contribution in [-0.2, 0) is 16.6 Å². The number of benzene rings is 1. The second kappa shape index (κ2) is 6.46. The van der Waals surface area contributed by atoms with E-state index in [1.807, 2.05) is 6.92 Å². The summed E-state index contributed by atoms with van der Waals surface area (Å²) in [4.78, 5) is 22.9. The van der Waals surface area contributed by atoms with Crippen LogP contribution in [0.5, 0.6) is 0 Å². The Labute approximate surface area is 155 Å². The number of nitrogen functional groups attached to an aromatic ring is 1. The molecule has 3 heterocycles. The lowest BCUT2D eigenvalue weighted by Crippen LogP contribution is -2.38. The lowest BCUT2D eigenvalue weighted by atomic mass is 10.2. The zero-order valence-corrected chi connectivity index (χ0v) is 15.6. The van der Waals surface area contributed by atoms with Gasteiger partial charge in [0.05, 0.1) is 11.2 Å². The van der Waals surface area contributed by atoms with E-state index in [2.05, 4.69) is 15.0 Å². The molecule has 0 bridgehead atoms. The number of fused-ring (bicyclic) bond motifs is 1. The summed E-state index contributed by atoms with van der Waals surface area (Å²) in [6, 6.07) is 6.61. The van der Waals surface area contributed by atoms with Crippen LogP contribution in [-0.4, -0.2) is 44.8 Å². The first-order valence-electron chi connectivity index (χ1n) is 8.65. The van der Waals surface area contributed by atoms with Gasteiger partial charge < -0.3 is 10.3 Å². The van der Waals surface area contributed by atoms with Crippen LogP contribution in [0.25, 0.3) is 11.2 Å². The molecule has 1 fully saturated rings. The number of aromatic amines is 1. The van der Waals surface area contributed by atoms with Gasteiger partial charge in [0, 0.05) is 19.1 Å². The fourth-order valence-corrected chi connectivity index (χ4v) is 5.17. The number of aryl methyl sites for hydroxylation is 1. The molecule has 1 saturated heterocycles. The normalized spacial score (nSPS) is 18.3. The number of nitrogens with two attached hydrogens (primary N) is 1. The minimum atomic E-state index is -3.59. The topological polar surface area (TPSA) is 127 Å². The molecule has 0 saturated carbocycles. The van der Waals surface area contributed by atoms with Crippen LogP contribution in [0.4, 0.5) is 5.95 Å². The number of sulfonamides is 1. The van der Waals surface area contributed by atoms with Crippen LogP contribution in [0, 0.1) is 6.92 Å². The van der Waals surface area contributed by atoms with Gasteiger partial charge in [-0.15, -0.1) is 0 Å². The van der Waals surface area contributed by atoms with E-state index in [9.17, 15) is 13.2 Å². The van der Waals surface area contributed by atoms with Gasteiger partial charge in [0.1, 0.15) is 0 Å². The van der Waals surface area contributed by atoms with Crippen molar-refractivity contribution in [2.45, 2.75) is 37.2 Å². The van der Waals surface area contributed by atoms with Crippen LogP contribution < -0.4 is 11.3 Å². The highest BCUT2D eigenvalue weighted by molar-refractivity contribution is 7.89. The molecule has 0 radical (unpaired) electrons. The van der Waals surface area contributed by atoms with Gasteiger partial charge in [-0.05, 0) is 31.9 Å². The molecule has 4 rings (SSSR count). The van der Waals surface area contributed by atoms with Crippen molar-refractivity contribution >= 4 is 27.1 Å². The Kier molecular flexibility index (Phi) is 4.23. The zero-order chi connectivity index (χ0) is 19.2. The molecule has 1 aromatic carbocycles. The summed E-state index contributed by atoms with van der Waals surface area (Å²) in [6.07, 6.45) is 3.00. The number of imidazole rings is 1. The maximum absolute atomic E-state index is 13.1. The minimum absolute atomic E-state index is 0.00445. The van der Waals surface area contributed by atoms with Crippen molar-refractivity contribution in [3.8, 4) is 0 Å². The lowest BCUT2D eigenvalue weighted by molar-refractivity contribution is 0.354. The van der Waals surface area contributed by atoms with Crippen molar-refractivity contribution < 1.29 is 8.42 Å². The quantitative estimate of drug-likeness (QED) is 0.682. The summed E-state index contributed by atoms with van der Waals surface area (Å²) >= 11 is 0. The summed E-state index contributed by atoms with van der Waals surface area (Å²) in [5, 5.41) is 0. The van der Waals surface area contributed by atoms with Gasteiger partial charge in [-0.1, -0.05) is 17.7 Å². The van der Waals surface area contributed by atoms with Crippen molar-refractivity contribution in [2.75, 3.05) is 12.3 Å². The molecule has 1 aliphatic rings. The first kappa shape index (κ1) is 17.7. The number of hydrogen-bond donors (Lipinski definition) is 2. The highest BCUT2D eigenvalue weighted by Gasteiger charge is 2.35. The smallest absolute Gasteiger partial charge is 0.280 e. The SMILES string of the molecule is Cc1ccc(S(=O)(=O)N2CCC[C@H]2Cn2cnc3c(=O)[nH]c(N)nc32)cc1. The van der Waals surface area contributed by atoms with Crippen molar-refractivity contribution in [1.29, 1.82) is 0 Å². The van der Waals surface area contributed by atoms with Crippen LogP contribution in [0.15, 0.2) is 40.3 Å². The average molecular weight is 388 g/mol. The molecule has 27 heavy (non-hydrogen) atoms. The van der Waals surface area contributed by atoms with E-state index in [4.69, 9.17) is 5.73 Å². The number of rotatable bonds is 4. The first-order valence-corrected chi connectivity index (χ1v) is 10.1. The largest absolute Gasteiger partial charge is 0.369 e. The Morgan fingerprint density at radius 2 is 2.04 bits per heavy atom. The third kappa shape index (κ3) is 3.10. The van der Waals surface area contributed by atoms with E-state index >= 15 is 0 Å². The summed E-state index contributed by atoms with van der Waals surface area (Å²) in [6.45, 7) is 2.74. The van der Waals surface area contributed by atoms with Gasteiger partial charge in [-0.3, -0.25) is 9.78 Å². The number of nitrogens with zero attached hydrogens (tertiary/aromatic N) is 4. The molecule has 0 unspecified atom stereocenters. The second-order valence-electron chi connectivity index (χ2n) is 6.75. The van der Waals surface area contributed by atoms with Crippen molar-refractivity contribution in [1.82, 2.24) is 23.8 Å². The Morgan fingerprint density at radius 3 is 2.78 bits per heavy atom. The molecule has 3 N–H and O–H groups in total. The molecule has 1 atom stereocenters. The highest BCUT2D eigenvalue weighted by atomic mass is 32.2. The molecule has 0 aliphatic carbocycles. The summed E-state index contributed by atoms with van der Waals surface area (Å²) in [7, 11) is -3.59. The number of aromatic nitrogens is 4. The van der Waals surface area contributed by atoms with Crippen molar-refractivity contribution in [3.05, 3.63) is 46.5 Å². The minimum Gasteiger partial charge on any atom is -0.369 e. The predicted molar refractivity (Wildman–Crippen MR) is 101 cm³/mol. The average Bonchev–Trinajstić information content (AvgIpc) is 3.24. The van der Waals surface area contributed by atoms with Gasteiger partial charge in [-0.25, -0.2) is 13.4 Å². The standard InChI is InChI=1S/C17H20N6O3S/c1-11-4-6-13(7-5-11)27(25,26)23-8-2-3-12(23)9-22-10-19-14-15(22)20-17(18)21-16(14)24/h4-7,10,12H,2-3,8-9H2,1H3,(H3,18,20,21,24)/t12-/m0/s1. The van der Waals surface area contributed by atoms with Crippen molar-refractivity contribution in [2.24, 2.45) is 0 Å². The van der Waals surface area contributed by atoms with Crippen LogP contribution in [0.1, 0.15) is 18.4 Å².